The van der Waals surface area contributed by atoms with Crippen LogP contribution in [0, 0.1) is 12.7 Å². The van der Waals surface area contributed by atoms with Crippen LogP contribution in [0.1, 0.15) is 24.8 Å². The molecule has 1 aromatic carbocycles. The van der Waals surface area contributed by atoms with Crippen molar-refractivity contribution in [1.82, 2.24) is 0 Å². The number of nitrogens with two attached hydrogens (primary N) is 1. The van der Waals surface area contributed by atoms with E-state index in [-0.39, 0.29) is 18.0 Å². The van der Waals surface area contributed by atoms with E-state index in [2.05, 4.69) is 0 Å². The molecule has 20 heavy (non-hydrogen) atoms. The summed E-state index contributed by atoms with van der Waals surface area (Å²) >= 11 is 0. The van der Waals surface area contributed by atoms with Gasteiger partial charge in [-0.3, -0.25) is 0 Å². The lowest BCUT2D eigenvalue weighted by molar-refractivity contribution is -0.195. The first-order valence-corrected chi connectivity index (χ1v) is 7.04. The van der Waals surface area contributed by atoms with E-state index in [4.69, 9.17) is 19.9 Å². The van der Waals surface area contributed by atoms with Crippen LogP contribution in [-0.2, 0) is 9.47 Å². The van der Waals surface area contributed by atoms with Gasteiger partial charge in [0.1, 0.15) is 17.7 Å². The molecule has 2 fully saturated rings. The fourth-order valence-corrected chi connectivity index (χ4v) is 2.88. The van der Waals surface area contributed by atoms with Gasteiger partial charge in [-0.2, -0.15) is 0 Å². The molecule has 0 radical (unpaired) electrons. The number of rotatable bonds is 2. The standard InChI is InChI=1S/C15H20FNO3/c1-10-2-3-11(16)8-13(10)20-14-9-15(5-4-12(14)17)18-6-7-19-15/h2-3,8,12,14H,4-7,9,17H2,1H3. The molecule has 1 heterocycles. The molecule has 4 nitrogen and oxygen atoms in total. The maximum atomic E-state index is 13.3. The van der Waals surface area contributed by atoms with Crippen molar-refractivity contribution in [2.24, 2.45) is 5.73 Å². The Morgan fingerprint density at radius 2 is 2.10 bits per heavy atom. The molecular formula is C15H20FNO3. The largest absolute Gasteiger partial charge is 0.488 e. The van der Waals surface area contributed by atoms with Crippen LogP contribution in [0.4, 0.5) is 4.39 Å². The lowest BCUT2D eigenvalue weighted by atomic mass is 9.88. The minimum atomic E-state index is -0.554. The Morgan fingerprint density at radius 3 is 2.85 bits per heavy atom. The van der Waals surface area contributed by atoms with Gasteiger partial charge in [-0.25, -0.2) is 4.39 Å². The first kappa shape index (κ1) is 13.8. The number of hydrogen-bond donors (Lipinski definition) is 1. The van der Waals surface area contributed by atoms with Crippen LogP contribution in [0.25, 0.3) is 0 Å². The Hall–Kier alpha value is -1.17. The Balaban J connectivity index is 1.76. The van der Waals surface area contributed by atoms with Crippen molar-refractivity contribution in [3.63, 3.8) is 0 Å². The van der Waals surface area contributed by atoms with Gasteiger partial charge >= 0.3 is 0 Å². The van der Waals surface area contributed by atoms with E-state index in [0.29, 0.717) is 25.4 Å². The van der Waals surface area contributed by atoms with E-state index in [1.54, 1.807) is 6.07 Å². The molecule has 2 unspecified atom stereocenters. The summed E-state index contributed by atoms with van der Waals surface area (Å²) in [4.78, 5) is 0. The van der Waals surface area contributed by atoms with Crippen LogP contribution < -0.4 is 10.5 Å². The van der Waals surface area contributed by atoms with E-state index >= 15 is 0 Å². The summed E-state index contributed by atoms with van der Waals surface area (Å²) in [5, 5.41) is 0. The molecule has 2 aliphatic rings. The molecule has 110 valence electrons. The van der Waals surface area contributed by atoms with Crippen LogP contribution in [0.5, 0.6) is 5.75 Å². The van der Waals surface area contributed by atoms with Crippen LogP contribution in [0.2, 0.25) is 0 Å². The summed E-state index contributed by atoms with van der Waals surface area (Å²) in [6, 6.07) is 4.45. The average Bonchev–Trinajstić information content (AvgIpc) is 2.87. The Bertz CT molecular complexity index is 488. The number of benzene rings is 1. The molecule has 1 aliphatic heterocycles. The molecule has 5 heteroatoms. The highest BCUT2D eigenvalue weighted by Gasteiger charge is 2.45. The van der Waals surface area contributed by atoms with Crippen LogP contribution in [-0.4, -0.2) is 31.1 Å². The highest BCUT2D eigenvalue weighted by Crippen LogP contribution is 2.37. The van der Waals surface area contributed by atoms with Crippen molar-refractivity contribution < 1.29 is 18.6 Å². The van der Waals surface area contributed by atoms with Gasteiger partial charge in [0.05, 0.1) is 13.2 Å². The molecular weight excluding hydrogens is 261 g/mol. The maximum absolute atomic E-state index is 13.3. The summed E-state index contributed by atoms with van der Waals surface area (Å²) in [5.74, 6) is -0.319. The number of hydrogen-bond acceptors (Lipinski definition) is 4. The van der Waals surface area contributed by atoms with Gasteiger partial charge in [0.25, 0.3) is 0 Å². The van der Waals surface area contributed by atoms with Gasteiger partial charge in [0.15, 0.2) is 5.79 Å². The molecule has 1 aliphatic carbocycles. The third kappa shape index (κ3) is 2.66. The topological polar surface area (TPSA) is 53.7 Å². The number of ether oxygens (including phenoxy) is 3. The van der Waals surface area contributed by atoms with Crippen molar-refractivity contribution in [2.45, 2.75) is 44.1 Å². The third-order valence-corrected chi connectivity index (χ3v) is 4.09. The average molecular weight is 281 g/mol. The predicted octanol–water partition coefficient (Wildman–Crippen LogP) is 2.14. The van der Waals surface area contributed by atoms with E-state index < -0.39 is 5.79 Å². The highest BCUT2D eigenvalue weighted by atomic mass is 19.1. The summed E-state index contributed by atoms with van der Waals surface area (Å²) in [5.41, 5.74) is 7.03. The smallest absolute Gasteiger partial charge is 0.172 e. The van der Waals surface area contributed by atoms with Crippen molar-refractivity contribution in [2.75, 3.05) is 13.2 Å². The van der Waals surface area contributed by atoms with Gasteiger partial charge in [-0.15, -0.1) is 0 Å². The van der Waals surface area contributed by atoms with Crippen LogP contribution >= 0.6 is 0 Å². The lowest BCUT2D eigenvalue weighted by Crippen LogP contribution is -2.51. The summed E-state index contributed by atoms with van der Waals surface area (Å²) in [7, 11) is 0. The Morgan fingerprint density at radius 1 is 1.35 bits per heavy atom. The van der Waals surface area contributed by atoms with Crippen LogP contribution in [0.15, 0.2) is 18.2 Å². The first-order valence-electron chi connectivity index (χ1n) is 7.04. The SMILES string of the molecule is Cc1ccc(F)cc1OC1CC2(CCC1N)OCCO2. The Labute approximate surface area is 118 Å². The maximum Gasteiger partial charge on any atom is 0.172 e. The van der Waals surface area contributed by atoms with Crippen molar-refractivity contribution in [3.8, 4) is 5.75 Å². The molecule has 2 N–H and O–H groups in total. The minimum absolute atomic E-state index is 0.0870. The third-order valence-electron chi connectivity index (χ3n) is 4.09. The van der Waals surface area contributed by atoms with Crippen molar-refractivity contribution in [3.05, 3.63) is 29.6 Å². The van der Waals surface area contributed by atoms with Gasteiger partial charge in [-0.1, -0.05) is 6.07 Å². The second kappa shape index (κ2) is 5.31. The molecule has 1 saturated heterocycles. The molecule has 3 rings (SSSR count). The molecule has 1 saturated carbocycles. The fraction of sp³-hybridized carbons (Fsp3) is 0.600. The van der Waals surface area contributed by atoms with Gasteiger partial charge in [0, 0.05) is 24.9 Å². The second-order valence-corrected chi connectivity index (χ2v) is 5.58. The zero-order valence-electron chi connectivity index (χ0n) is 11.6. The minimum Gasteiger partial charge on any atom is -0.488 e. The Kier molecular flexibility index (Phi) is 3.67. The van der Waals surface area contributed by atoms with Gasteiger partial charge < -0.3 is 19.9 Å². The lowest BCUT2D eigenvalue weighted by Gasteiger charge is -2.39. The quantitative estimate of drug-likeness (QED) is 0.902. The van der Waals surface area contributed by atoms with Gasteiger partial charge in [0.2, 0.25) is 0 Å². The fourth-order valence-electron chi connectivity index (χ4n) is 2.88. The molecule has 1 spiro atoms. The zero-order valence-corrected chi connectivity index (χ0v) is 11.6. The molecule has 0 aromatic heterocycles. The summed E-state index contributed by atoms with van der Waals surface area (Å²) in [6.45, 7) is 3.11. The zero-order chi connectivity index (χ0) is 14.2. The van der Waals surface area contributed by atoms with Crippen molar-refractivity contribution >= 4 is 0 Å². The number of halogens is 1. The second-order valence-electron chi connectivity index (χ2n) is 5.58. The molecule has 1 aromatic rings. The monoisotopic (exact) mass is 281 g/mol. The summed E-state index contributed by atoms with van der Waals surface area (Å²) < 4.78 is 30.7. The molecule has 2 atom stereocenters. The normalized spacial score (nSPS) is 28.8. The van der Waals surface area contributed by atoms with Crippen molar-refractivity contribution in [1.29, 1.82) is 0 Å². The van der Waals surface area contributed by atoms with E-state index in [1.165, 1.54) is 12.1 Å². The molecule has 0 bridgehead atoms. The van der Waals surface area contributed by atoms with E-state index in [0.717, 1.165) is 18.4 Å². The van der Waals surface area contributed by atoms with E-state index in [1.807, 2.05) is 6.92 Å². The highest BCUT2D eigenvalue weighted by molar-refractivity contribution is 5.33. The predicted molar refractivity (Wildman–Crippen MR) is 72.0 cm³/mol. The van der Waals surface area contributed by atoms with E-state index in [9.17, 15) is 4.39 Å². The molecule has 0 amide bonds. The number of aryl methyl sites for hydroxylation is 1. The van der Waals surface area contributed by atoms with Crippen LogP contribution in [0.3, 0.4) is 0 Å². The first-order chi connectivity index (χ1) is 9.58. The van der Waals surface area contributed by atoms with Gasteiger partial charge in [-0.05, 0) is 25.0 Å². The summed E-state index contributed by atoms with van der Waals surface area (Å²) in [6.07, 6.45) is 1.93.